The summed E-state index contributed by atoms with van der Waals surface area (Å²) >= 11 is 1.84. The van der Waals surface area contributed by atoms with Crippen LogP contribution in [0.3, 0.4) is 0 Å². The smallest absolute Gasteiger partial charge is 0.223 e. The van der Waals surface area contributed by atoms with Crippen molar-refractivity contribution in [1.82, 2.24) is 5.32 Å². The van der Waals surface area contributed by atoms with E-state index in [-0.39, 0.29) is 23.3 Å². The number of nitrogens with one attached hydrogen (secondary N) is 1. The van der Waals surface area contributed by atoms with Crippen LogP contribution in [0.1, 0.15) is 56.2 Å². The van der Waals surface area contributed by atoms with Crippen LogP contribution in [0.2, 0.25) is 0 Å². The standard InChI is InChI=1S/C17H26N2OS/c18-14-7-6-13(11-14)16(20)19-12-17(8-2-1-3-9-17)15-5-4-10-21-15/h4-5,10,13-14H,1-3,6-9,11-12,18H2,(H,19,20). The Morgan fingerprint density at radius 2 is 2.14 bits per heavy atom. The summed E-state index contributed by atoms with van der Waals surface area (Å²) in [6.45, 7) is 0.804. The maximum atomic E-state index is 12.4. The van der Waals surface area contributed by atoms with Crippen molar-refractivity contribution < 1.29 is 4.79 Å². The second-order valence-corrected chi connectivity index (χ2v) is 7.75. The van der Waals surface area contributed by atoms with E-state index in [1.54, 1.807) is 0 Å². The van der Waals surface area contributed by atoms with Gasteiger partial charge in [0.25, 0.3) is 0 Å². The van der Waals surface area contributed by atoms with E-state index in [1.807, 2.05) is 11.3 Å². The highest BCUT2D eigenvalue weighted by molar-refractivity contribution is 7.10. The number of carbonyl (C=O) groups excluding carboxylic acids is 1. The van der Waals surface area contributed by atoms with Gasteiger partial charge in [0, 0.05) is 28.8 Å². The highest BCUT2D eigenvalue weighted by atomic mass is 32.1. The molecule has 1 aromatic heterocycles. The van der Waals surface area contributed by atoms with Gasteiger partial charge < -0.3 is 11.1 Å². The van der Waals surface area contributed by atoms with Crippen molar-refractivity contribution in [1.29, 1.82) is 0 Å². The largest absolute Gasteiger partial charge is 0.355 e. The van der Waals surface area contributed by atoms with Gasteiger partial charge in [0.1, 0.15) is 0 Å². The molecule has 4 heteroatoms. The van der Waals surface area contributed by atoms with Gasteiger partial charge in [-0.2, -0.15) is 0 Å². The molecular formula is C17H26N2OS. The van der Waals surface area contributed by atoms with E-state index in [0.29, 0.717) is 0 Å². The molecule has 2 atom stereocenters. The predicted octanol–water partition coefficient (Wildman–Crippen LogP) is 3.19. The molecule has 1 heterocycles. The number of nitrogens with two attached hydrogens (primary N) is 1. The summed E-state index contributed by atoms with van der Waals surface area (Å²) in [5.41, 5.74) is 6.11. The molecule has 3 N–H and O–H groups in total. The van der Waals surface area contributed by atoms with Crippen molar-refractivity contribution in [2.75, 3.05) is 6.54 Å². The fraction of sp³-hybridized carbons (Fsp3) is 0.706. The van der Waals surface area contributed by atoms with Gasteiger partial charge in [0.15, 0.2) is 0 Å². The lowest BCUT2D eigenvalue weighted by molar-refractivity contribution is -0.125. The van der Waals surface area contributed by atoms with Crippen LogP contribution >= 0.6 is 11.3 Å². The first kappa shape index (κ1) is 15.0. The monoisotopic (exact) mass is 306 g/mol. The van der Waals surface area contributed by atoms with Crippen LogP contribution in [0.4, 0.5) is 0 Å². The second kappa shape index (κ2) is 6.49. The molecule has 2 aliphatic carbocycles. The maximum Gasteiger partial charge on any atom is 0.223 e. The highest BCUT2D eigenvalue weighted by Gasteiger charge is 2.36. The molecule has 2 saturated carbocycles. The molecule has 0 aliphatic heterocycles. The lowest BCUT2D eigenvalue weighted by Crippen LogP contribution is -2.43. The normalized spacial score (nSPS) is 28.4. The first-order valence-corrected chi connectivity index (χ1v) is 9.15. The van der Waals surface area contributed by atoms with E-state index < -0.39 is 0 Å². The number of amides is 1. The topological polar surface area (TPSA) is 55.1 Å². The quantitative estimate of drug-likeness (QED) is 0.897. The minimum Gasteiger partial charge on any atom is -0.355 e. The Bertz CT molecular complexity index is 465. The van der Waals surface area contributed by atoms with Gasteiger partial charge in [-0.25, -0.2) is 0 Å². The zero-order valence-corrected chi connectivity index (χ0v) is 13.5. The number of hydrogen-bond acceptors (Lipinski definition) is 3. The molecule has 0 bridgehead atoms. The van der Waals surface area contributed by atoms with E-state index in [0.717, 1.165) is 25.8 Å². The molecule has 2 unspecified atom stereocenters. The summed E-state index contributed by atoms with van der Waals surface area (Å²) < 4.78 is 0. The van der Waals surface area contributed by atoms with Gasteiger partial charge >= 0.3 is 0 Å². The Labute approximate surface area is 131 Å². The van der Waals surface area contributed by atoms with Crippen LogP contribution in [0.25, 0.3) is 0 Å². The van der Waals surface area contributed by atoms with E-state index in [9.17, 15) is 4.79 Å². The van der Waals surface area contributed by atoms with Crippen LogP contribution in [-0.4, -0.2) is 18.5 Å². The molecule has 3 nitrogen and oxygen atoms in total. The number of hydrogen-bond donors (Lipinski definition) is 2. The number of thiophene rings is 1. The lowest BCUT2D eigenvalue weighted by Gasteiger charge is -2.37. The van der Waals surface area contributed by atoms with E-state index in [4.69, 9.17) is 5.73 Å². The summed E-state index contributed by atoms with van der Waals surface area (Å²) in [4.78, 5) is 13.8. The van der Waals surface area contributed by atoms with E-state index in [1.165, 1.54) is 37.0 Å². The van der Waals surface area contributed by atoms with Crippen molar-refractivity contribution in [3.8, 4) is 0 Å². The second-order valence-electron chi connectivity index (χ2n) is 6.81. The van der Waals surface area contributed by atoms with Crippen LogP contribution < -0.4 is 11.1 Å². The Morgan fingerprint density at radius 1 is 1.33 bits per heavy atom. The first-order valence-electron chi connectivity index (χ1n) is 8.27. The zero-order chi connectivity index (χ0) is 14.7. The molecule has 1 amide bonds. The Morgan fingerprint density at radius 3 is 2.76 bits per heavy atom. The molecule has 0 saturated heterocycles. The van der Waals surface area contributed by atoms with E-state index >= 15 is 0 Å². The number of rotatable bonds is 4. The molecule has 3 rings (SSSR count). The average Bonchev–Trinajstić information content (AvgIpc) is 3.17. The molecule has 2 aliphatic rings. The van der Waals surface area contributed by atoms with Gasteiger partial charge in [0.05, 0.1) is 0 Å². The minimum absolute atomic E-state index is 0.143. The summed E-state index contributed by atoms with van der Waals surface area (Å²) in [6, 6.07) is 4.60. The van der Waals surface area contributed by atoms with Crippen molar-refractivity contribution in [2.45, 2.75) is 62.8 Å². The van der Waals surface area contributed by atoms with Crippen molar-refractivity contribution in [2.24, 2.45) is 11.7 Å². The fourth-order valence-electron chi connectivity index (χ4n) is 3.97. The number of carbonyl (C=O) groups is 1. The third-order valence-corrected chi connectivity index (χ3v) is 6.42. The highest BCUT2D eigenvalue weighted by Crippen LogP contribution is 2.41. The summed E-state index contributed by atoms with van der Waals surface area (Å²) in [6.07, 6.45) is 9.11. The van der Waals surface area contributed by atoms with Crippen molar-refractivity contribution in [3.63, 3.8) is 0 Å². The van der Waals surface area contributed by atoms with Crippen molar-refractivity contribution >= 4 is 17.2 Å². The first-order chi connectivity index (χ1) is 10.2. The van der Waals surface area contributed by atoms with E-state index in [2.05, 4.69) is 22.8 Å². The summed E-state index contributed by atoms with van der Waals surface area (Å²) in [5, 5.41) is 5.41. The van der Waals surface area contributed by atoms with Gasteiger partial charge in [0.2, 0.25) is 5.91 Å². The third kappa shape index (κ3) is 3.32. The molecular weight excluding hydrogens is 280 g/mol. The summed E-state index contributed by atoms with van der Waals surface area (Å²) in [7, 11) is 0. The van der Waals surface area contributed by atoms with Gasteiger partial charge in [-0.05, 0) is 43.6 Å². The van der Waals surface area contributed by atoms with Crippen LogP contribution in [0, 0.1) is 5.92 Å². The fourth-order valence-corrected chi connectivity index (χ4v) is 4.96. The lowest BCUT2D eigenvalue weighted by atomic mass is 9.73. The molecule has 0 spiro atoms. The van der Waals surface area contributed by atoms with Gasteiger partial charge in [-0.1, -0.05) is 25.3 Å². The van der Waals surface area contributed by atoms with Crippen LogP contribution in [-0.2, 0) is 10.2 Å². The van der Waals surface area contributed by atoms with Crippen LogP contribution in [0.15, 0.2) is 17.5 Å². The SMILES string of the molecule is NC1CCC(C(=O)NCC2(c3cccs3)CCCCC2)C1. The Hall–Kier alpha value is -0.870. The zero-order valence-electron chi connectivity index (χ0n) is 12.6. The minimum atomic E-state index is 0.143. The molecule has 2 fully saturated rings. The predicted molar refractivity (Wildman–Crippen MR) is 87.4 cm³/mol. The molecule has 0 radical (unpaired) electrons. The van der Waals surface area contributed by atoms with Crippen LogP contribution in [0.5, 0.6) is 0 Å². The molecule has 116 valence electrons. The third-order valence-electron chi connectivity index (χ3n) is 5.30. The van der Waals surface area contributed by atoms with Gasteiger partial charge in [-0.15, -0.1) is 11.3 Å². The molecule has 1 aromatic rings. The average molecular weight is 306 g/mol. The molecule has 0 aromatic carbocycles. The summed E-state index contributed by atoms with van der Waals surface area (Å²) in [5.74, 6) is 0.369. The van der Waals surface area contributed by atoms with Crippen molar-refractivity contribution in [3.05, 3.63) is 22.4 Å². The maximum absolute atomic E-state index is 12.4. The Kier molecular flexibility index (Phi) is 4.65. The molecule has 21 heavy (non-hydrogen) atoms. The van der Waals surface area contributed by atoms with Gasteiger partial charge in [-0.3, -0.25) is 4.79 Å². The Balaban J connectivity index is 1.64.